The van der Waals surface area contributed by atoms with Gasteiger partial charge in [0.1, 0.15) is 11.5 Å². The minimum absolute atomic E-state index is 0.0383. The lowest BCUT2D eigenvalue weighted by Crippen LogP contribution is -2.25. The molecule has 0 unspecified atom stereocenters. The zero-order valence-electron chi connectivity index (χ0n) is 17.8. The second-order valence-corrected chi connectivity index (χ2v) is 10.9. The fraction of sp³-hybridized carbons (Fsp3) is 0.520. The highest BCUT2D eigenvalue weighted by Crippen LogP contribution is 2.48. The van der Waals surface area contributed by atoms with Crippen molar-refractivity contribution in [2.45, 2.75) is 73.6 Å². The molecule has 1 heteroatoms. The van der Waals surface area contributed by atoms with Gasteiger partial charge in [-0.15, -0.1) is 0 Å². The van der Waals surface area contributed by atoms with E-state index in [4.69, 9.17) is 4.74 Å². The lowest BCUT2D eigenvalue weighted by Gasteiger charge is -2.35. The van der Waals surface area contributed by atoms with Crippen molar-refractivity contribution in [1.29, 1.82) is 0 Å². The molecule has 0 amide bonds. The number of ether oxygens (including phenoxy) is 1. The van der Waals surface area contributed by atoms with Gasteiger partial charge in [0.05, 0.1) is 0 Å². The quantitative estimate of drug-likeness (QED) is 0.552. The first-order valence-electron chi connectivity index (χ1n) is 9.80. The Labute approximate surface area is 159 Å². The lowest BCUT2D eigenvalue weighted by molar-refractivity contribution is 0.398. The van der Waals surface area contributed by atoms with E-state index in [0.29, 0.717) is 0 Å². The van der Waals surface area contributed by atoms with Gasteiger partial charge in [0.2, 0.25) is 0 Å². The molecule has 2 aromatic rings. The molecule has 0 aliphatic carbocycles. The topological polar surface area (TPSA) is 9.23 Å². The molecule has 1 nitrogen and oxygen atoms in total. The molecule has 26 heavy (non-hydrogen) atoms. The van der Waals surface area contributed by atoms with Crippen LogP contribution < -0.4 is 4.74 Å². The number of rotatable bonds is 2. The van der Waals surface area contributed by atoms with Crippen molar-refractivity contribution in [2.24, 2.45) is 10.8 Å². The van der Waals surface area contributed by atoms with Crippen LogP contribution in [0.15, 0.2) is 36.4 Å². The second-order valence-electron chi connectivity index (χ2n) is 10.9. The predicted molar refractivity (Wildman–Crippen MR) is 111 cm³/mol. The maximum Gasteiger partial charge on any atom is 0.131 e. The fourth-order valence-electron chi connectivity index (χ4n) is 4.04. The van der Waals surface area contributed by atoms with Gasteiger partial charge >= 0.3 is 0 Å². The molecule has 1 aliphatic rings. The molecule has 0 aromatic heterocycles. The van der Waals surface area contributed by atoms with Crippen molar-refractivity contribution in [2.75, 3.05) is 0 Å². The summed E-state index contributed by atoms with van der Waals surface area (Å²) in [7, 11) is 0. The maximum absolute atomic E-state index is 6.42. The summed E-state index contributed by atoms with van der Waals surface area (Å²) in [5, 5.41) is 0. The summed E-state index contributed by atoms with van der Waals surface area (Å²) in [6, 6.07) is 13.6. The van der Waals surface area contributed by atoms with Crippen LogP contribution >= 0.6 is 0 Å². The van der Waals surface area contributed by atoms with Crippen molar-refractivity contribution < 1.29 is 4.74 Å². The van der Waals surface area contributed by atoms with E-state index in [1.54, 1.807) is 0 Å². The number of fused-ring (bicyclic) bond motifs is 2. The molecule has 0 N–H and O–H groups in total. The minimum atomic E-state index is -0.0383. The SMILES string of the molecule is CC(C)(C)Cc1ccc2c(c1)Oc1cc(CC(C)(C)C)ccc1C2(C)C. The van der Waals surface area contributed by atoms with Crippen LogP contribution in [0.5, 0.6) is 11.5 Å². The molecule has 140 valence electrons. The molecule has 0 spiro atoms. The lowest BCUT2D eigenvalue weighted by atomic mass is 9.74. The summed E-state index contributed by atoms with van der Waals surface area (Å²) < 4.78 is 6.42. The van der Waals surface area contributed by atoms with Gasteiger partial charge < -0.3 is 4.74 Å². The smallest absolute Gasteiger partial charge is 0.131 e. The van der Waals surface area contributed by atoms with Gasteiger partial charge in [-0.05, 0) is 46.9 Å². The average molecular weight is 351 g/mol. The molecule has 0 fully saturated rings. The molecule has 1 heterocycles. The summed E-state index contributed by atoms with van der Waals surface area (Å²) in [6.07, 6.45) is 2.11. The van der Waals surface area contributed by atoms with Gasteiger partial charge in [-0.3, -0.25) is 0 Å². The van der Waals surface area contributed by atoms with Crippen LogP contribution in [0.3, 0.4) is 0 Å². The number of hydrogen-bond donors (Lipinski definition) is 0. The first-order chi connectivity index (χ1) is 11.9. The third-order valence-electron chi connectivity index (χ3n) is 5.13. The van der Waals surface area contributed by atoms with Crippen LogP contribution in [0.25, 0.3) is 0 Å². The maximum atomic E-state index is 6.42. The molecule has 0 saturated carbocycles. The predicted octanol–water partition coefficient (Wildman–Crippen LogP) is 7.30. The first-order valence-corrected chi connectivity index (χ1v) is 9.80. The van der Waals surface area contributed by atoms with Gasteiger partial charge in [0, 0.05) is 16.5 Å². The molecule has 0 atom stereocenters. The third kappa shape index (κ3) is 3.98. The van der Waals surface area contributed by atoms with E-state index in [9.17, 15) is 0 Å². The minimum Gasteiger partial charge on any atom is -0.457 e. The highest BCUT2D eigenvalue weighted by Gasteiger charge is 2.34. The average Bonchev–Trinajstić information content (AvgIpc) is 2.42. The Morgan fingerprint density at radius 1 is 0.692 bits per heavy atom. The summed E-state index contributed by atoms with van der Waals surface area (Å²) in [4.78, 5) is 0. The van der Waals surface area contributed by atoms with Gasteiger partial charge in [0.25, 0.3) is 0 Å². The standard InChI is InChI=1S/C25H34O/c1-23(2,3)15-17-9-11-19-21(13-17)26-22-14-18(16-24(4,5)6)10-12-20(22)25(19,7)8/h9-14H,15-16H2,1-8H3. The molecule has 2 aromatic carbocycles. The number of hydrogen-bond acceptors (Lipinski definition) is 1. The Balaban J connectivity index is 2.00. The van der Waals surface area contributed by atoms with Crippen LogP contribution in [0.2, 0.25) is 0 Å². The Kier molecular flexibility index (Phi) is 4.50. The van der Waals surface area contributed by atoms with Gasteiger partial charge in [0.15, 0.2) is 0 Å². The molecule has 0 radical (unpaired) electrons. The second kappa shape index (κ2) is 6.15. The third-order valence-corrected chi connectivity index (χ3v) is 5.13. The van der Waals surface area contributed by atoms with Crippen molar-refractivity contribution in [3.8, 4) is 11.5 Å². The molecule has 0 bridgehead atoms. The summed E-state index contributed by atoms with van der Waals surface area (Å²) in [5.74, 6) is 2.05. The van der Waals surface area contributed by atoms with Crippen molar-refractivity contribution >= 4 is 0 Å². The van der Waals surface area contributed by atoms with Gasteiger partial charge in [-0.1, -0.05) is 79.7 Å². The van der Waals surface area contributed by atoms with E-state index in [1.807, 2.05) is 0 Å². The van der Waals surface area contributed by atoms with Crippen molar-refractivity contribution in [1.82, 2.24) is 0 Å². The zero-order valence-corrected chi connectivity index (χ0v) is 17.8. The highest BCUT2D eigenvalue weighted by molar-refractivity contribution is 5.58. The normalized spacial score (nSPS) is 15.8. The largest absolute Gasteiger partial charge is 0.457 e. The Bertz CT molecular complexity index is 746. The molecular weight excluding hydrogens is 316 g/mol. The van der Waals surface area contributed by atoms with Crippen molar-refractivity contribution in [3.63, 3.8) is 0 Å². The van der Waals surface area contributed by atoms with Crippen LogP contribution in [0.1, 0.15) is 77.6 Å². The fourth-order valence-corrected chi connectivity index (χ4v) is 4.04. The Morgan fingerprint density at radius 3 is 1.42 bits per heavy atom. The Hall–Kier alpha value is -1.76. The van der Waals surface area contributed by atoms with E-state index in [-0.39, 0.29) is 16.2 Å². The Morgan fingerprint density at radius 2 is 1.08 bits per heavy atom. The van der Waals surface area contributed by atoms with Gasteiger partial charge in [-0.2, -0.15) is 0 Å². The van der Waals surface area contributed by atoms with Crippen LogP contribution in [0.4, 0.5) is 0 Å². The highest BCUT2D eigenvalue weighted by atomic mass is 16.5. The van der Waals surface area contributed by atoms with E-state index in [2.05, 4.69) is 91.8 Å². The van der Waals surface area contributed by atoms with Crippen LogP contribution in [-0.4, -0.2) is 0 Å². The number of benzene rings is 2. The van der Waals surface area contributed by atoms with Crippen molar-refractivity contribution in [3.05, 3.63) is 58.7 Å². The first kappa shape index (κ1) is 19.0. The van der Waals surface area contributed by atoms with E-state index < -0.39 is 0 Å². The van der Waals surface area contributed by atoms with E-state index >= 15 is 0 Å². The molecule has 1 aliphatic heterocycles. The van der Waals surface area contributed by atoms with Crippen LogP contribution in [-0.2, 0) is 18.3 Å². The summed E-state index contributed by atoms with van der Waals surface area (Å²) >= 11 is 0. The van der Waals surface area contributed by atoms with E-state index in [0.717, 1.165) is 24.3 Å². The summed E-state index contributed by atoms with van der Waals surface area (Å²) in [6.45, 7) is 18.3. The monoisotopic (exact) mass is 350 g/mol. The molecule has 0 saturated heterocycles. The van der Waals surface area contributed by atoms with E-state index in [1.165, 1.54) is 22.3 Å². The summed E-state index contributed by atoms with van der Waals surface area (Å²) in [5.41, 5.74) is 5.77. The zero-order chi connectivity index (χ0) is 19.3. The molecule has 3 rings (SSSR count). The molecular formula is C25H34O. The van der Waals surface area contributed by atoms with Crippen LogP contribution in [0, 0.1) is 10.8 Å². The van der Waals surface area contributed by atoms with Gasteiger partial charge in [-0.25, -0.2) is 0 Å².